The third-order valence-electron chi connectivity index (χ3n) is 7.33. The Bertz CT molecular complexity index is 1080. The molecule has 1 amide bonds. The number of amides is 1. The molecular formula is C30H35N3O2. The zero-order chi connectivity index (χ0) is 25.0. The van der Waals surface area contributed by atoms with Crippen LogP contribution in [-0.4, -0.2) is 47.6 Å². The Labute approximate surface area is 210 Å². The van der Waals surface area contributed by atoms with Crippen LogP contribution >= 0.6 is 0 Å². The predicted octanol–water partition coefficient (Wildman–Crippen LogP) is 4.66. The van der Waals surface area contributed by atoms with E-state index in [0.717, 1.165) is 65.8 Å². The van der Waals surface area contributed by atoms with Crippen molar-refractivity contribution in [1.82, 2.24) is 9.91 Å². The summed E-state index contributed by atoms with van der Waals surface area (Å²) in [5, 5.41) is 1.05. The Morgan fingerprint density at radius 1 is 1.31 bits per heavy atom. The summed E-state index contributed by atoms with van der Waals surface area (Å²) in [6, 6.07) is 20.6. The second-order valence-corrected chi connectivity index (χ2v) is 9.90. The van der Waals surface area contributed by atoms with Crippen molar-refractivity contribution in [3.8, 4) is 5.75 Å². The molecule has 2 N–H and O–H groups in total. The van der Waals surface area contributed by atoms with Crippen molar-refractivity contribution >= 4 is 17.1 Å². The van der Waals surface area contributed by atoms with E-state index in [-0.39, 0.29) is 11.5 Å². The minimum absolute atomic E-state index is 0.202. The summed E-state index contributed by atoms with van der Waals surface area (Å²) >= 11 is 0. The first kappa shape index (κ1) is 24.9. The van der Waals surface area contributed by atoms with Gasteiger partial charge in [0.15, 0.2) is 5.75 Å². The molecule has 2 aromatic rings. The molecule has 2 fully saturated rings. The third-order valence-corrected chi connectivity index (χ3v) is 7.33. The Morgan fingerprint density at radius 3 is 2.63 bits per heavy atom. The van der Waals surface area contributed by atoms with Crippen molar-refractivity contribution in [3.05, 3.63) is 77.9 Å². The summed E-state index contributed by atoms with van der Waals surface area (Å²) in [5.74, 6) is 6.10. The van der Waals surface area contributed by atoms with Crippen LogP contribution in [0.25, 0.3) is 11.1 Å². The number of piperidine rings is 1. The number of carbonyl (C=O) groups excluding carboxylic acids is 1. The van der Waals surface area contributed by atoms with E-state index in [9.17, 15) is 4.79 Å². The number of aryl methyl sites for hydroxylation is 1. The standard InChI is InChI=1S/C30H35N3O2/c1-5-23-20-25(22(2)27(21-29(34)32(4)31)24-10-7-6-8-11-24)14-15-28(23)35-30(3)16-18-33(19-17-30)26-12-9-13-26/h7,10-11,20-21,26H,2,5,9,12-13,16-19,31H2,1,3-4H3/b27-21+. The first-order valence-electron chi connectivity index (χ1n) is 12.5. The van der Waals surface area contributed by atoms with E-state index in [1.807, 2.05) is 12.1 Å². The fraction of sp³-hybridized carbons (Fsp3) is 0.433. The number of likely N-dealkylation sites (tertiary alicyclic amines) is 1. The minimum atomic E-state index is -0.324. The molecule has 1 aliphatic carbocycles. The van der Waals surface area contributed by atoms with Crippen molar-refractivity contribution in [3.63, 3.8) is 0 Å². The molecule has 0 unspecified atom stereocenters. The maximum absolute atomic E-state index is 12.4. The molecular weight excluding hydrogens is 434 g/mol. The van der Waals surface area contributed by atoms with Gasteiger partial charge in [0.25, 0.3) is 5.91 Å². The van der Waals surface area contributed by atoms with E-state index in [1.54, 1.807) is 12.1 Å². The Balaban J connectivity index is 1.54. The molecule has 182 valence electrons. The molecule has 5 nitrogen and oxygen atoms in total. The maximum atomic E-state index is 12.4. The molecule has 0 radical (unpaired) electrons. The molecule has 1 saturated heterocycles. The molecule has 2 aliphatic rings. The van der Waals surface area contributed by atoms with Crippen molar-refractivity contribution in [1.29, 1.82) is 0 Å². The zero-order valence-electron chi connectivity index (χ0n) is 21.1. The van der Waals surface area contributed by atoms with Crippen LogP contribution in [0.4, 0.5) is 0 Å². The van der Waals surface area contributed by atoms with Crippen LogP contribution in [0.2, 0.25) is 0 Å². The molecule has 1 aliphatic heterocycles. The topological polar surface area (TPSA) is 58.8 Å². The fourth-order valence-electron chi connectivity index (χ4n) is 4.69. The van der Waals surface area contributed by atoms with Crippen LogP contribution in [0.1, 0.15) is 62.6 Å². The molecule has 1 heterocycles. The molecule has 4 rings (SSSR count). The number of carbonyl (C=O) groups is 1. The van der Waals surface area contributed by atoms with Gasteiger partial charge in [-0.2, -0.15) is 0 Å². The smallest absolute Gasteiger partial charge is 0.260 e. The number of ether oxygens (including phenoxy) is 1. The fourth-order valence-corrected chi connectivity index (χ4v) is 4.69. The Kier molecular flexibility index (Phi) is 7.51. The Morgan fingerprint density at radius 2 is 2.06 bits per heavy atom. The molecule has 0 spiro atoms. The summed E-state index contributed by atoms with van der Waals surface area (Å²) in [5.41, 5.74) is 3.75. The number of allylic oxidation sites excluding steroid dienone is 2. The highest BCUT2D eigenvalue weighted by Gasteiger charge is 2.36. The quantitative estimate of drug-likeness (QED) is 0.201. The summed E-state index contributed by atoms with van der Waals surface area (Å²) in [7, 11) is 1.52. The zero-order valence-corrected chi connectivity index (χ0v) is 21.1. The number of nitrogens with two attached hydrogens (primary N) is 1. The lowest BCUT2D eigenvalue weighted by atomic mass is 9.86. The second kappa shape index (κ2) is 10.6. The first-order valence-corrected chi connectivity index (χ1v) is 12.5. The van der Waals surface area contributed by atoms with Gasteiger partial charge < -0.3 is 9.64 Å². The van der Waals surface area contributed by atoms with Crippen LogP contribution in [0.15, 0.2) is 36.9 Å². The molecule has 0 atom stereocenters. The molecule has 2 aromatic carbocycles. The second-order valence-electron chi connectivity index (χ2n) is 9.90. The van der Waals surface area contributed by atoms with Crippen LogP contribution in [-0.2, 0) is 11.2 Å². The number of rotatable bonds is 8. The average molecular weight is 470 g/mol. The molecule has 5 heteroatoms. The summed E-state index contributed by atoms with van der Waals surface area (Å²) in [6.07, 6.45) is 8.36. The summed E-state index contributed by atoms with van der Waals surface area (Å²) < 4.78 is 6.58. The van der Waals surface area contributed by atoms with Gasteiger partial charge in [-0.3, -0.25) is 9.80 Å². The van der Waals surface area contributed by atoms with E-state index < -0.39 is 0 Å². The van der Waals surface area contributed by atoms with Gasteiger partial charge in [-0.25, -0.2) is 5.84 Å². The van der Waals surface area contributed by atoms with E-state index in [2.05, 4.69) is 49.6 Å². The van der Waals surface area contributed by atoms with Gasteiger partial charge in [0.05, 0.1) is 0 Å². The number of hydrogen-bond donors (Lipinski definition) is 1. The Hall–Kier alpha value is -3.25. The van der Waals surface area contributed by atoms with Crippen LogP contribution in [0.3, 0.4) is 0 Å². The average Bonchev–Trinajstić information content (AvgIpc) is 2.83. The highest BCUT2D eigenvalue weighted by molar-refractivity contribution is 6.10. The lowest BCUT2D eigenvalue weighted by Crippen LogP contribution is -2.51. The lowest BCUT2D eigenvalue weighted by molar-refractivity contribution is -0.124. The van der Waals surface area contributed by atoms with Gasteiger partial charge in [0.2, 0.25) is 0 Å². The van der Waals surface area contributed by atoms with Crippen molar-refractivity contribution < 1.29 is 9.53 Å². The molecule has 35 heavy (non-hydrogen) atoms. The first-order chi connectivity index (χ1) is 16.8. The van der Waals surface area contributed by atoms with E-state index in [4.69, 9.17) is 10.6 Å². The van der Waals surface area contributed by atoms with Gasteiger partial charge in [-0.05, 0) is 86.1 Å². The number of nitrogens with zero attached hydrogens (tertiary/aromatic N) is 2. The van der Waals surface area contributed by atoms with Gasteiger partial charge in [-0.1, -0.05) is 38.1 Å². The molecule has 1 saturated carbocycles. The highest BCUT2D eigenvalue weighted by atomic mass is 16.5. The van der Waals surface area contributed by atoms with E-state index >= 15 is 0 Å². The number of hydrazine groups is 1. The largest absolute Gasteiger partial charge is 0.479 e. The van der Waals surface area contributed by atoms with Crippen LogP contribution in [0, 0.1) is 24.3 Å². The normalized spacial score (nSPS) is 18.1. The van der Waals surface area contributed by atoms with Crippen molar-refractivity contribution in [2.24, 2.45) is 5.84 Å². The predicted molar refractivity (Wildman–Crippen MR) is 139 cm³/mol. The molecule has 0 bridgehead atoms. The van der Waals surface area contributed by atoms with Crippen LogP contribution < -0.4 is 10.6 Å². The van der Waals surface area contributed by atoms with Gasteiger partial charge in [0.1, 0.15) is 5.60 Å². The van der Waals surface area contributed by atoms with E-state index in [1.165, 1.54) is 32.4 Å². The van der Waals surface area contributed by atoms with E-state index in [0.29, 0.717) is 11.1 Å². The number of likely N-dealkylation sites (N-methyl/N-ethyl adjacent to an activating group) is 1. The summed E-state index contributed by atoms with van der Waals surface area (Å²) in [4.78, 5) is 15.0. The van der Waals surface area contributed by atoms with Gasteiger partial charge in [0, 0.05) is 43.4 Å². The monoisotopic (exact) mass is 469 g/mol. The summed E-state index contributed by atoms with van der Waals surface area (Å²) in [6.45, 7) is 10.8. The lowest BCUT2D eigenvalue weighted by Gasteiger charge is -2.45. The SMILES string of the molecule is C=C(/C(=C\C(=O)N(C)N)c1cc#ccc1)c1c#cc(OC2(C)CCN(C3CCC3)CC2)c(CC)c1. The molecule has 0 aromatic heterocycles. The van der Waals surface area contributed by atoms with Gasteiger partial charge >= 0.3 is 0 Å². The maximum Gasteiger partial charge on any atom is 0.260 e. The van der Waals surface area contributed by atoms with Crippen molar-refractivity contribution in [2.75, 3.05) is 20.1 Å². The van der Waals surface area contributed by atoms with Crippen molar-refractivity contribution in [2.45, 2.75) is 64.0 Å². The third kappa shape index (κ3) is 5.70. The number of hydrogen-bond acceptors (Lipinski definition) is 4. The van der Waals surface area contributed by atoms with Crippen LogP contribution in [0.5, 0.6) is 5.75 Å². The van der Waals surface area contributed by atoms with Gasteiger partial charge in [-0.15, -0.1) is 0 Å². The highest BCUT2D eigenvalue weighted by Crippen LogP contribution is 2.35. The minimum Gasteiger partial charge on any atom is -0.479 e.